The minimum atomic E-state index is -0.943. The molecule has 0 bridgehead atoms. The molecule has 1 heterocycles. The average Bonchev–Trinajstić information content (AvgIpc) is 3.14. The van der Waals surface area contributed by atoms with Crippen LogP contribution in [0.25, 0.3) is 11.1 Å². The van der Waals surface area contributed by atoms with E-state index in [9.17, 15) is 14.7 Å². The molecule has 1 aromatic heterocycles. The number of aromatic carboxylic acids is 1. The third-order valence-corrected chi connectivity index (χ3v) is 6.24. The molecule has 0 amide bonds. The SMILES string of the molecule is CCCCCCCn1nc(C(C)CC)n(Cc2ccc(-c3ccccc3C(=O)O)cc2)c1=O. The van der Waals surface area contributed by atoms with Gasteiger partial charge in [-0.3, -0.25) is 4.57 Å². The van der Waals surface area contributed by atoms with Crippen molar-refractivity contribution in [3.8, 4) is 11.1 Å². The van der Waals surface area contributed by atoms with Crippen molar-refractivity contribution in [2.75, 3.05) is 0 Å². The van der Waals surface area contributed by atoms with Gasteiger partial charge in [0.15, 0.2) is 0 Å². The fourth-order valence-corrected chi connectivity index (χ4v) is 4.06. The molecule has 1 unspecified atom stereocenters. The van der Waals surface area contributed by atoms with Crippen molar-refractivity contribution in [1.82, 2.24) is 14.3 Å². The largest absolute Gasteiger partial charge is 0.478 e. The summed E-state index contributed by atoms with van der Waals surface area (Å²) >= 11 is 0. The molecule has 1 N–H and O–H groups in total. The van der Waals surface area contributed by atoms with Crippen LogP contribution in [-0.4, -0.2) is 25.4 Å². The van der Waals surface area contributed by atoms with E-state index in [4.69, 9.17) is 5.10 Å². The number of aryl methyl sites for hydroxylation is 1. The van der Waals surface area contributed by atoms with Crippen LogP contribution in [0.5, 0.6) is 0 Å². The lowest BCUT2D eigenvalue weighted by Gasteiger charge is -2.11. The zero-order chi connectivity index (χ0) is 23.8. The number of carbonyl (C=O) groups is 1. The van der Waals surface area contributed by atoms with Gasteiger partial charge >= 0.3 is 11.7 Å². The van der Waals surface area contributed by atoms with Crippen LogP contribution in [0.4, 0.5) is 0 Å². The Labute approximate surface area is 195 Å². The molecular formula is C27H35N3O3. The van der Waals surface area contributed by atoms with Gasteiger partial charge in [0.2, 0.25) is 0 Å². The second-order valence-electron chi connectivity index (χ2n) is 8.72. The molecule has 2 aromatic carbocycles. The highest BCUT2D eigenvalue weighted by atomic mass is 16.4. The number of carboxylic acid groups (broad SMARTS) is 1. The molecule has 0 radical (unpaired) electrons. The fraction of sp³-hybridized carbons (Fsp3) is 0.444. The monoisotopic (exact) mass is 449 g/mol. The Hall–Kier alpha value is -3.15. The summed E-state index contributed by atoms with van der Waals surface area (Å²) in [7, 11) is 0. The zero-order valence-corrected chi connectivity index (χ0v) is 20.0. The number of hydrogen-bond acceptors (Lipinski definition) is 3. The summed E-state index contributed by atoms with van der Waals surface area (Å²) in [5.74, 6) is 0.0821. The van der Waals surface area contributed by atoms with E-state index in [-0.39, 0.29) is 17.2 Å². The van der Waals surface area contributed by atoms with E-state index in [1.807, 2.05) is 36.4 Å². The Kier molecular flexibility index (Phi) is 8.64. The van der Waals surface area contributed by atoms with Gasteiger partial charge in [-0.05, 0) is 35.6 Å². The highest BCUT2D eigenvalue weighted by Crippen LogP contribution is 2.25. The summed E-state index contributed by atoms with van der Waals surface area (Å²) in [6.07, 6.45) is 6.63. The van der Waals surface area contributed by atoms with Gasteiger partial charge in [-0.2, -0.15) is 5.10 Å². The van der Waals surface area contributed by atoms with Gasteiger partial charge < -0.3 is 5.11 Å². The molecule has 1 atom stereocenters. The molecule has 0 saturated carbocycles. The molecule has 176 valence electrons. The molecule has 0 saturated heterocycles. The molecule has 0 aliphatic carbocycles. The lowest BCUT2D eigenvalue weighted by molar-refractivity contribution is 0.0697. The predicted octanol–water partition coefficient (Wildman–Crippen LogP) is 5.94. The number of aromatic nitrogens is 3. The minimum Gasteiger partial charge on any atom is -0.478 e. The molecule has 0 aliphatic rings. The number of benzene rings is 2. The van der Waals surface area contributed by atoms with E-state index >= 15 is 0 Å². The molecule has 6 heteroatoms. The van der Waals surface area contributed by atoms with Crippen LogP contribution >= 0.6 is 0 Å². The topological polar surface area (TPSA) is 77.1 Å². The van der Waals surface area contributed by atoms with Gasteiger partial charge in [0.25, 0.3) is 0 Å². The second-order valence-corrected chi connectivity index (χ2v) is 8.72. The van der Waals surface area contributed by atoms with Crippen LogP contribution in [0.1, 0.15) is 87.0 Å². The van der Waals surface area contributed by atoms with Gasteiger partial charge in [-0.25, -0.2) is 14.3 Å². The summed E-state index contributed by atoms with van der Waals surface area (Å²) in [6.45, 7) is 7.52. The van der Waals surface area contributed by atoms with Crippen LogP contribution in [0.3, 0.4) is 0 Å². The highest BCUT2D eigenvalue weighted by Gasteiger charge is 2.18. The van der Waals surface area contributed by atoms with Crippen molar-refractivity contribution in [1.29, 1.82) is 0 Å². The maximum atomic E-state index is 13.1. The van der Waals surface area contributed by atoms with Crippen molar-refractivity contribution < 1.29 is 9.90 Å². The third kappa shape index (κ3) is 6.01. The fourth-order valence-electron chi connectivity index (χ4n) is 4.06. The molecule has 0 fully saturated rings. The Morgan fingerprint density at radius 3 is 2.36 bits per heavy atom. The van der Waals surface area contributed by atoms with Crippen molar-refractivity contribution in [3.63, 3.8) is 0 Å². The minimum absolute atomic E-state index is 0.0545. The lowest BCUT2D eigenvalue weighted by atomic mass is 9.98. The van der Waals surface area contributed by atoms with E-state index in [1.165, 1.54) is 19.3 Å². The summed E-state index contributed by atoms with van der Waals surface area (Å²) in [5, 5.41) is 14.2. The van der Waals surface area contributed by atoms with Gasteiger partial charge in [-0.15, -0.1) is 0 Å². The average molecular weight is 450 g/mol. The van der Waals surface area contributed by atoms with Gasteiger partial charge in [-0.1, -0.05) is 88.9 Å². The second kappa shape index (κ2) is 11.6. The smallest absolute Gasteiger partial charge is 0.346 e. The van der Waals surface area contributed by atoms with E-state index in [0.717, 1.165) is 36.2 Å². The summed E-state index contributed by atoms with van der Waals surface area (Å²) in [5.41, 5.74) is 2.74. The van der Waals surface area contributed by atoms with Gasteiger partial charge in [0.1, 0.15) is 5.82 Å². The molecule has 6 nitrogen and oxygen atoms in total. The Bertz CT molecular complexity index is 1110. The molecule has 0 spiro atoms. The zero-order valence-electron chi connectivity index (χ0n) is 20.0. The molecular weight excluding hydrogens is 414 g/mol. The van der Waals surface area contributed by atoms with Crippen molar-refractivity contribution >= 4 is 5.97 Å². The van der Waals surface area contributed by atoms with Crippen LogP contribution in [0.2, 0.25) is 0 Å². The van der Waals surface area contributed by atoms with E-state index in [1.54, 1.807) is 21.4 Å². The number of unbranched alkanes of at least 4 members (excludes halogenated alkanes) is 4. The first-order valence-electron chi connectivity index (χ1n) is 12.0. The summed E-state index contributed by atoms with van der Waals surface area (Å²) in [4.78, 5) is 24.7. The standard InChI is InChI=1S/C27H35N3O3/c1-4-6-7-8-11-18-30-27(33)29(25(28-30)20(3)5-2)19-21-14-16-22(17-15-21)23-12-9-10-13-24(23)26(31)32/h9-10,12-17,20H,4-8,11,18-19H2,1-3H3,(H,31,32). The maximum absolute atomic E-state index is 13.1. The van der Waals surface area contributed by atoms with E-state index in [0.29, 0.717) is 18.7 Å². The first-order valence-corrected chi connectivity index (χ1v) is 12.0. The normalized spacial score (nSPS) is 12.1. The first-order chi connectivity index (χ1) is 16.0. The quantitative estimate of drug-likeness (QED) is 0.347. The summed E-state index contributed by atoms with van der Waals surface area (Å²) < 4.78 is 3.42. The van der Waals surface area contributed by atoms with Crippen LogP contribution in [0, 0.1) is 0 Å². The molecule has 33 heavy (non-hydrogen) atoms. The number of hydrogen-bond donors (Lipinski definition) is 1. The van der Waals surface area contributed by atoms with Crippen LogP contribution < -0.4 is 5.69 Å². The van der Waals surface area contributed by atoms with Crippen molar-refractivity contribution in [2.45, 2.75) is 78.3 Å². The number of rotatable bonds is 12. The third-order valence-electron chi connectivity index (χ3n) is 6.24. The van der Waals surface area contributed by atoms with Crippen LogP contribution in [-0.2, 0) is 13.1 Å². The Morgan fingerprint density at radius 2 is 1.70 bits per heavy atom. The Balaban J connectivity index is 1.82. The molecule has 0 aliphatic heterocycles. The van der Waals surface area contributed by atoms with Gasteiger partial charge in [0, 0.05) is 12.5 Å². The van der Waals surface area contributed by atoms with E-state index in [2.05, 4.69) is 20.8 Å². The number of nitrogens with zero attached hydrogens (tertiary/aromatic N) is 3. The maximum Gasteiger partial charge on any atom is 0.346 e. The van der Waals surface area contributed by atoms with E-state index < -0.39 is 5.97 Å². The molecule has 3 aromatic rings. The molecule has 3 rings (SSSR count). The van der Waals surface area contributed by atoms with Crippen molar-refractivity contribution in [3.05, 3.63) is 76.0 Å². The highest BCUT2D eigenvalue weighted by molar-refractivity contribution is 5.95. The first kappa shape index (κ1) is 24.5. The summed E-state index contributed by atoms with van der Waals surface area (Å²) in [6, 6.07) is 14.8. The lowest BCUT2D eigenvalue weighted by Crippen LogP contribution is -2.26. The Morgan fingerprint density at radius 1 is 1.00 bits per heavy atom. The van der Waals surface area contributed by atoms with Crippen LogP contribution in [0.15, 0.2) is 53.3 Å². The van der Waals surface area contributed by atoms with Gasteiger partial charge in [0.05, 0.1) is 12.1 Å². The predicted molar refractivity (Wildman–Crippen MR) is 132 cm³/mol. The van der Waals surface area contributed by atoms with Crippen molar-refractivity contribution in [2.24, 2.45) is 0 Å². The number of carboxylic acids is 1.